The summed E-state index contributed by atoms with van der Waals surface area (Å²) in [5, 5.41) is 3.46. The van der Waals surface area contributed by atoms with E-state index in [-0.39, 0.29) is 0 Å². The van der Waals surface area contributed by atoms with E-state index in [0.717, 1.165) is 31.1 Å². The predicted octanol–water partition coefficient (Wildman–Crippen LogP) is 2.52. The minimum atomic E-state index is 0.712. The molecule has 1 aromatic heterocycles. The van der Waals surface area contributed by atoms with Crippen molar-refractivity contribution in [3.05, 3.63) is 41.9 Å². The normalized spacial score (nSPS) is 14.7. The molecule has 1 saturated carbocycles. The summed E-state index contributed by atoms with van der Waals surface area (Å²) < 4.78 is 5.09. The van der Waals surface area contributed by atoms with Crippen LogP contribution in [-0.4, -0.2) is 29.7 Å². The standard InChI is InChI=1S/C16H21N3O/c1-20-9-8-12-2-4-13(5-3-12)15-10-18-16(19-15)11-17-14-6-7-14/h2-5,10,14,17H,6-9,11H2,1H3,(H,18,19). The van der Waals surface area contributed by atoms with Crippen molar-refractivity contribution in [2.75, 3.05) is 13.7 Å². The molecule has 1 fully saturated rings. The van der Waals surface area contributed by atoms with Crippen molar-refractivity contribution in [3.8, 4) is 11.3 Å². The Hall–Kier alpha value is -1.65. The van der Waals surface area contributed by atoms with Crippen LogP contribution in [0.2, 0.25) is 0 Å². The van der Waals surface area contributed by atoms with Gasteiger partial charge in [0.2, 0.25) is 0 Å². The fraction of sp³-hybridized carbons (Fsp3) is 0.438. The van der Waals surface area contributed by atoms with E-state index in [1.54, 1.807) is 7.11 Å². The third-order valence-electron chi connectivity index (χ3n) is 3.62. The molecule has 4 nitrogen and oxygen atoms in total. The molecule has 4 heteroatoms. The molecule has 0 bridgehead atoms. The number of hydrogen-bond acceptors (Lipinski definition) is 3. The van der Waals surface area contributed by atoms with Crippen LogP contribution in [0.3, 0.4) is 0 Å². The zero-order valence-corrected chi connectivity index (χ0v) is 11.9. The summed E-state index contributed by atoms with van der Waals surface area (Å²) in [6, 6.07) is 9.28. The minimum Gasteiger partial charge on any atom is -0.384 e. The number of rotatable bonds is 7. The van der Waals surface area contributed by atoms with Gasteiger partial charge in [-0.15, -0.1) is 0 Å². The molecule has 0 saturated heterocycles. The molecule has 20 heavy (non-hydrogen) atoms. The van der Waals surface area contributed by atoms with Gasteiger partial charge in [-0.2, -0.15) is 0 Å². The van der Waals surface area contributed by atoms with Gasteiger partial charge in [0, 0.05) is 13.2 Å². The molecule has 3 rings (SSSR count). The summed E-state index contributed by atoms with van der Waals surface area (Å²) in [7, 11) is 1.73. The molecule has 1 aromatic carbocycles. The van der Waals surface area contributed by atoms with Crippen molar-refractivity contribution < 1.29 is 4.74 Å². The second kappa shape index (κ2) is 6.20. The van der Waals surface area contributed by atoms with E-state index in [1.165, 1.54) is 24.0 Å². The van der Waals surface area contributed by atoms with Gasteiger partial charge in [0.05, 0.1) is 25.0 Å². The summed E-state index contributed by atoms with van der Waals surface area (Å²) in [5.41, 5.74) is 3.55. The maximum atomic E-state index is 5.09. The van der Waals surface area contributed by atoms with E-state index in [4.69, 9.17) is 4.74 Å². The first kappa shape index (κ1) is 13.3. The molecular weight excluding hydrogens is 250 g/mol. The summed E-state index contributed by atoms with van der Waals surface area (Å²) in [4.78, 5) is 7.80. The van der Waals surface area contributed by atoms with Crippen LogP contribution in [0, 0.1) is 0 Å². The molecule has 0 atom stereocenters. The number of ether oxygens (including phenoxy) is 1. The predicted molar refractivity (Wildman–Crippen MR) is 79.5 cm³/mol. The summed E-state index contributed by atoms with van der Waals surface area (Å²) in [6.45, 7) is 1.59. The summed E-state index contributed by atoms with van der Waals surface area (Å²) in [5.74, 6) is 1.01. The molecule has 0 aliphatic heterocycles. The fourth-order valence-corrected chi connectivity index (χ4v) is 2.20. The highest BCUT2D eigenvalue weighted by Gasteiger charge is 2.20. The topological polar surface area (TPSA) is 49.9 Å². The van der Waals surface area contributed by atoms with Gasteiger partial charge in [0.15, 0.2) is 0 Å². The second-order valence-corrected chi connectivity index (χ2v) is 5.34. The SMILES string of the molecule is COCCc1ccc(-c2cnc(CNC3CC3)[nH]2)cc1. The van der Waals surface area contributed by atoms with Crippen molar-refractivity contribution in [2.45, 2.75) is 31.8 Å². The molecule has 2 N–H and O–H groups in total. The Morgan fingerprint density at radius 1 is 1.30 bits per heavy atom. The lowest BCUT2D eigenvalue weighted by atomic mass is 10.1. The van der Waals surface area contributed by atoms with E-state index in [9.17, 15) is 0 Å². The quantitative estimate of drug-likeness (QED) is 0.813. The Labute approximate surface area is 119 Å². The first-order chi connectivity index (χ1) is 9.85. The van der Waals surface area contributed by atoms with Crippen molar-refractivity contribution in [2.24, 2.45) is 0 Å². The maximum Gasteiger partial charge on any atom is 0.120 e. The second-order valence-electron chi connectivity index (χ2n) is 5.34. The van der Waals surface area contributed by atoms with Gasteiger partial charge in [-0.05, 0) is 30.4 Å². The van der Waals surface area contributed by atoms with E-state index >= 15 is 0 Å². The average molecular weight is 271 g/mol. The zero-order chi connectivity index (χ0) is 13.8. The van der Waals surface area contributed by atoms with Gasteiger partial charge in [-0.3, -0.25) is 0 Å². The van der Waals surface area contributed by atoms with Crippen LogP contribution in [0.15, 0.2) is 30.5 Å². The highest BCUT2D eigenvalue weighted by atomic mass is 16.5. The number of benzene rings is 1. The van der Waals surface area contributed by atoms with Gasteiger partial charge in [-0.1, -0.05) is 24.3 Å². The molecule has 1 aliphatic rings. The Morgan fingerprint density at radius 2 is 2.10 bits per heavy atom. The van der Waals surface area contributed by atoms with Gasteiger partial charge < -0.3 is 15.0 Å². The highest BCUT2D eigenvalue weighted by molar-refractivity contribution is 5.58. The molecule has 106 valence electrons. The molecule has 1 heterocycles. The monoisotopic (exact) mass is 271 g/mol. The van der Waals surface area contributed by atoms with Crippen molar-refractivity contribution >= 4 is 0 Å². The number of nitrogens with zero attached hydrogens (tertiary/aromatic N) is 1. The van der Waals surface area contributed by atoms with E-state index < -0.39 is 0 Å². The van der Waals surface area contributed by atoms with E-state index in [1.807, 2.05) is 6.20 Å². The molecule has 0 amide bonds. The van der Waals surface area contributed by atoms with Crippen molar-refractivity contribution in [1.29, 1.82) is 0 Å². The van der Waals surface area contributed by atoms with Gasteiger partial charge in [-0.25, -0.2) is 4.98 Å². The lowest BCUT2D eigenvalue weighted by molar-refractivity contribution is 0.202. The van der Waals surface area contributed by atoms with Gasteiger partial charge in [0.25, 0.3) is 0 Å². The van der Waals surface area contributed by atoms with Crippen LogP contribution in [0.5, 0.6) is 0 Å². The van der Waals surface area contributed by atoms with Crippen LogP contribution in [0.1, 0.15) is 24.2 Å². The first-order valence-corrected chi connectivity index (χ1v) is 7.20. The number of H-pyrrole nitrogens is 1. The highest BCUT2D eigenvalue weighted by Crippen LogP contribution is 2.20. The molecular formula is C16H21N3O. The average Bonchev–Trinajstić information content (AvgIpc) is 3.20. The lowest BCUT2D eigenvalue weighted by Crippen LogP contribution is -2.16. The van der Waals surface area contributed by atoms with Crippen LogP contribution in [-0.2, 0) is 17.7 Å². The first-order valence-electron chi connectivity index (χ1n) is 7.20. The van der Waals surface area contributed by atoms with Crippen LogP contribution in [0.4, 0.5) is 0 Å². The van der Waals surface area contributed by atoms with Crippen LogP contribution < -0.4 is 5.32 Å². The minimum absolute atomic E-state index is 0.712. The Kier molecular flexibility index (Phi) is 4.14. The largest absolute Gasteiger partial charge is 0.384 e. The van der Waals surface area contributed by atoms with E-state index in [2.05, 4.69) is 39.6 Å². The van der Waals surface area contributed by atoms with Gasteiger partial charge in [0.1, 0.15) is 5.82 Å². The molecule has 0 radical (unpaired) electrons. The number of aromatic nitrogens is 2. The Balaban J connectivity index is 1.62. The van der Waals surface area contributed by atoms with Crippen molar-refractivity contribution in [1.82, 2.24) is 15.3 Å². The number of methoxy groups -OCH3 is 1. The molecule has 0 unspecified atom stereocenters. The molecule has 0 spiro atoms. The number of imidazole rings is 1. The fourth-order valence-electron chi connectivity index (χ4n) is 2.20. The van der Waals surface area contributed by atoms with Gasteiger partial charge >= 0.3 is 0 Å². The summed E-state index contributed by atoms with van der Waals surface area (Å²) >= 11 is 0. The van der Waals surface area contributed by atoms with E-state index in [0.29, 0.717) is 6.04 Å². The number of aromatic amines is 1. The third-order valence-corrected chi connectivity index (χ3v) is 3.62. The Bertz CT molecular complexity index is 543. The zero-order valence-electron chi connectivity index (χ0n) is 11.9. The number of hydrogen-bond donors (Lipinski definition) is 2. The third kappa shape index (κ3) is 3.46. The molecule has 2 aromatic rings. The lowest BCUT2D eigenvalue weighted by Gasteiger charge is -2.02. The van der Waals surface area contributed by atoms with Crippen LogP contribution in [0.25, 0.3) is 11.3 Å². The Morgan fingerprint density at radius 3 is 2.80 bits per heavy atom. The summed E-state index contributed by atoms with van der Waals surface area (Å²) in [6.07, 6.45) is 5.47. The smallest absolute Gasteiger partial charge is 0.120 e. The van der Waals surface area contributed by atoms with Crippen LogP contribution >= 0.6 is 0 Å². The number of nitrogens with one attached hydrogen (secondary N) is 2. The molecule has 1 aliphatic carbocycles. The maximum absolute atomic E-state index is 5.09. The van der Waals surface area contributed by atoms with Crippen molar-refractivity contribution in [3.63, 3.8) is 0 Å².